The molecule has 3 atom stereocenters. The zero-order valence-corrected chi connectivity index (χ0v) is 20.8. The lowest BCUT2D eigenvalue weighted by Crippen LogP contribution is -2.50. The number of ether oxygens (including phenoxy) is 1. The average Bonchev–Trinajstić information content (AvgIpc) is 2.80. The van der Waals surface area contributed by atoms with Gasteiger partial charge in [-0.25, -0.2) is 8.42 Å². The summed E-state index contributed by atoms with van der Waals surface area (Å²) in [5, 5.41) is 9.76. The van der Waals surface area contributed by atoms with Gasteiger partial charge in [-0.15, -0.1) is 0 Å². The van der Waals surface area contributed by atoms with E-state index in [9.17, 15) is 18.3 Å². The number of hydrogen-bond donors (Lipinski definition) is 1. The van der Waals surface area contributed by atoms with Crippen molar-refractivity contribution in [3.8, 4) is 16.9 Å². The van der Waals surface area contributed by atoms with Crippen LogP contribution in [0.4, 0.5) is 0 Å². The maximum Gasteiger partial charge on any atom is 0.247 e. The molecule has 1 N–H and O–H groups in total. The Morgan fingerprint density at radius 3 is 2.61 bits per heavy atom. The normalized spacial score (nSPS) is 21.3. The van der Waals surface area contributed by atoms with E-state index in [1.165, 1.54) is 4.31 Å². The zero-order valence-electron chi connectivity index (χ0n) is 20.0. The minimum atomic E-state index is -3.90. The Kier molecular flexibility index (Phi) is 7.82. The van der Waals surface area contributed by atoms with Crippen molar-refractivity contribution >= 4 is 15.9 Å². The summed E-state index contributed by atoms with van der Waals surface area (Å²) >= 11 is 0. The third-order valence-corrected chi connectivity index (χ3v) is 8.32. The average molecular weight is 475 g/mol. The number of nitrogens with zero attached hydrogens (tertiary/aromatic N) is 2. The number of sulfonamides is 1. The van der Waals surface area contributed by atoms with Crippen LogP contribution in [0.3, 0.4) is 0 Å². The van der Waals surface area contributed by atoms with Gasteiger partial charge in [0, 0.05) is 32.0 Å². The molecule has 2 aromatic carbocycles. The fraction of sp³-hybridized carbons (Fsp3) is 0.480. The number of carbonyl (C=O) groups excluding carboxylic acids is 1. The molecule has 180 valence electrons. The van der Waals surface area contributed by atoms with Gasteiger partial charge in [0.1, 0.15) is 16.7 Å². The van der Waals surface area contributed by atoms with E-state index in [1.807, 2.05) is 45.0 Å². The summed E-state index contributed by atoms with van der Waals surface area (Å²) in [5.41, 5.74) is 2.92. The molecular formula is C25H34N2O5S. The predicted octanol–water partition coefficient (Wildman–Crippen LogP) is 3.30. The first-order chi connectivity index (χ1) is 15.6. The van der Waals surface area contributed by atoms with Crippen molar-refractivity contribution in [3.05, 3.63) is 48.0 Å². The highest BCUT2D eigenvalue weighted by Gasteiger charge is 2.38. The van der Waals surface area contributed by atoms with E-state index < -0.39 is 22.2 Å². The molecule has 0 bridgehead atoms. The van der Waals surface area contributed by atoms with Crippen molar-refractivity contribution in [2.75, 3.05) is 26.7 Å². The molecule has 0 aromatic heterocycles. The first kappa shape index (κ1) is 25.2. The van der Waals surface area contributed by atoms with Gasteiger partial charge in [-0.3, -0.25) is 4.79 Å². The minimum absolute atomic E-state index is 0.00468. The van der Waals surface area contributed by atoms with Gasteiger partial charge in [0.2, 0.25) is 15.9 Å². The van der Waals surface area contributed by atoms with Crippen LogP contribution in [0.1, 0.15) is 32.8 Å². The van der Waals surface area contributed by atoms with Crippen molar-refractivity contribution in [1.82, 2.24) is 9.21 Å². The molecule has 1 amide bonds. The maximum atomic E-state index is 13.6. The lowest BCUT2D eigenvalue weighted by atomic mass is 10.00. The van der Waals surface area contributed by atoms with Crippen molar-refractivity contribution in [3.63, 3.8) is 0 Å². The number of aliphatic hydroxyl groups is 1. The summed E-state index contributed by atoms with van der Waals surface area (Å²) in [4.78, 5) is 13.9. The lowest BCUT2D eigenvalue weighted by Gasteiger charge is -2.37. The Bertz CT molecular complexity index is 1100. The van der Waals surface area contributed by atoms with E-state index in [0.29, 0.717) is 13.0 Å². The van der Waals surface area contributed by atoms with Crippen LogP contribution in [-0.4, -0.2) is 67.5 Å². The van der Waals surface area contributed by atoms with E-state index in [-0.39, 0.29) is 35.6 Å². The van der Waals surface area contributed by atoms with E-state index in [0.717, 1.165) is 16.7 Å². The molecular weight excluding hydrogens is 440 g/mol. The highest BCUT2D eigenvalue weighted by atomic mass is 32.2. The highest BCUT2D eigenvalue weighted by Crippen LogP contribution is 2.37. The van der Waals surface area contributed by atoms with Gasteiger partial charge >= 0.3 is 0 Å². The van der Waals surface area contributed by atoms with Crippen LogP contribution in [0.2, 0.25) is 0 Å². The van der Waals surface area contributed by atoms with E-state index in [4.69, 9.17) is 4.74 Å². The number of carbonyl (C=O) groups is 1. The summed E-state index contributed by atoms with van der Waals surface area (Å²) in [6.07, 6.45) is -0.0338. The van der Waals surface area contributed by atoms with E-state index in [2.05, 4.69) is 0 Å². The Labute approximate surface area is 197 Å². The summed E-state index contributed by atoms with van der Waals surface area (Å²) in [7, 11) is -2.17. The molecule has 33 heavy (non-hydrogen) atoms. The number of aliphatic hydroxyl groups excluding tert-OH is 1. The van der Waals surface area contributed by atoms with Gasteiger partial charge in [-0.05, 0) is 42.7 Å². The molecule has 0 saturated carbocycles. The van der Waals surface area contributed by atoms with E-state index >= 15 is 0 Å². The van der Waals surface area contributed by atoms with Crippen LogP contribution in [0.15, 0.2) is 47.4 Å². The van der Waals surface area contributed by atoms with Crippen LogP contribution in [0.5, 0.6) is 5.75 Å². The van der Waals surface area contributed by atoms with Crippen LogP contribution in [0, 0.1) is 12.8 Å². The number of aryl methyl sites for hydroxylation is 1. The molecule has 1 aliphatic rings. The quantitative estimate of drug-likeness (QED) is 0.694. The van der Waals surface area contributed by atoms with Gasteiger partial charge in [0.05, 0.1) is 13.2 Å². The first-order valence-electron chi connectivity index (χ1n) is 11.3. The molecule has 0 aliphatic carbocycles. The third kappa shape index (κ3) is 5.23. The number of fused-ring (bicyclic) bond motifs is 1. The van der Waals surface area contributed by atoms with Crippen LogP contribution >= 0.6 is 0 Å². The first-order valence-corrected chi connectivity index (χ1v) is 12.8. The van der Waals surface area contributed by atoms with Crippen molar-refractivity contribution in [1.29, 1.82) is 0 Å². The number of hydrogen-bond acceptors (Lipinski definition) is 5. The maximum absolute atomic E-state index is 13.6. The molecule has 8 heteroatoms. The van der Waals surface area contributed by atoms with Crippen LogP contribution in [0.25, 0.3) is 11.1 Å². The molecule has 2 aromatic rings. The van der Waals surface area contributed by atoms with Gasteiger partial charge < -0.3 is 14.7 Å². The molecule has 0 unspecified atom stereocenters. The monoisotopic (exact) mass is 474 g/mol. The molecule has 3 rings (SSSR count). The topological polar surface area (TPSA) is 87.2 Å². The second-order valence-corrected chi connectivity index (χ2v) is 10.7. The highest BCUT2D eigenvalue weighted by molar-refractivity contribution is 7.89. The number of likely N-dealkylation sites (N-methyl/N-ethyl adjacent to an activating group) is 1. The van der Waals surface area contributed by atoms with Crippen molar-refractivity contribution < 1.29 is 23.1 Å². The third-order valence-electron chi connectivity index (χ3n) is 6.31. The van der Waals surface area contributed by atoms with Crippen molar-refractivity contribution in [2.45, 2.75) is 51.2 Å². The van der Waals surface area contributed by atoms with E-state index in [1.54, 1.807) is 37.1 Å². The molecule has 0 saturated heterocycles. The van der Waals surface area contributed by atoms with Crippen LogP contribution in [-0.2, 0) is 14.8 Å². The Hall–Kier alpha value is -2.42. The fourth-order valence-corrected chi connectivity index (χ4v) is 5.98. The summed E-state index contributed by atoms with van der Waals surface area (Å²) in [5.74, 6) is 0.0471. The summed E-state index contributed by atoms with van der Waals surface area (Å²) in [6, 6.07) is 12.4. The Morgan fingerprint density at radius 2 is 1.97 bits per heavy atom. The summed E-state index contributed by atoms with van der Waals surface area (Å²) in [6.45, 7) is 7.65. The molecule has 1 heterocycles. The largest absolute Gasteiger partial charge is 0.487 e. The zero-order chi connectivity index (χ0) is 24.3. The minimum Gasteiger partial charge on any atom is -0.487 e. The Morgan fingerprint density at radius 1 is 1.27 bits per heavy atom. The Balaban J connectivity index is 2.14. The molecule has 0 spiro atoms. The van der Waals surface area contributed by atoms with Gasteiger partial charge in [0.25, 0.3) is 0 Å². The lowest BCUT2D eigenvalue weighted by molar-refractivity contribution is -0.131. The molecule has 1 aliphatic heterocycles. The number of rotatable bonds is 6. The van der Waals surface area contributed by atoms with Gasteiger partial charge in [-0.2, -0.15) is 4.31 Å². The standard InChI is InChI=1S/C25H34N2O5S/c1-6-25(29)26(5)15-23-18(3)14-27(19(4)16-28)33(30,31)24-12-11-20(13-22(24)32-23)21-10-8-7-9-17(21)2/h7-13,18-19,23,28H,6,14-16H2,1-5H3/t18-,19+,23-/m1/s1. The summed E-state index contributed by atoms with van der Waals surface area (Å²) < 4.78 is 34.9. The predicted molar refractivity (Wildman–Crippen MR) is 129 cm³/mol. The fourth-order valence-electron chi connectivity index (χ4n) is 4.15. The van der Waals surface area contributed by atoms with Gasteiger partial charge in [0.15, 0.2) is 0 Å². The van der Waals surface area contributed by atoms with Gasteiger partial charge in [-0.1, -0.05) is 44.2 Å². The SMILES string of the molecule is CCC(=O)N(C)C[C@H]1Oc2cc(-c3ccccc3C)ccc2S(=O)(=O)N([C@@H](C)CO)C[C@H]1C. The van der Waals surface area contributed by atoms with Crippen LogP contribution < -0.4 is 4.74 Å². The van der Waals surface area contributed by atoms with Crippen molar-refractivity contribution in [2.24, 2.45) is 5.92 Å². The number of amides is 1. The molecule has 7 nitrogen and oxygen atoms in total. The number of benzene rings is 2. The smallest absolute Gasteiger partial charge is 0.247 e. The molecule has 0 fully saturated rings. The molecule has 0 radical (unpaired) electrons. The second-order valence-electron chi connectivity index (χ2n) is 8.84. The second kappa shape index (κ2) is 10.2.